The second kappa shape index (κ2) is 2.94. The van der Waals surface area contributed by atoms with Crippen LogP contribution in [0.25, 0.3) is 0 Å². The summed E-state index contributed by atoms with van der Waals surface area (Å²) in [5.41, 5.74) is 5.20. The van der Waals surface area contributed by atoms with E-state index in [4.69, 9.17) is 26.9 Å². The normalized spacial score (nSPS) is 12.9. The van der Waals surface area contributed by atoms with Crippen molar-refractivity contribution in [3.8, 4) is 0 Å². The Morgan fingerprint density at radius 1 is 1.73 bits per heavy atom. The smallest absolute Gasteiger partial charge is 0.328 e. The summed E-state index contributed by atoms with van der Waals surface area (Å²) in [7, 11) is 0. The largest absolute Gasteiger partial charge is 0.480 e. The number of nitrogens with two attached hydrogens (primary N) is 1. The molecule has 5 heteroatoms. The molecule has 0 fully saturated rings. The summed E-state index contributed by atoms with van der Waals surface area (Å²) in [4.78, 5) is 10.3. The Bertz CT molecular complexity index is 271. The highest BCUT2D eigenvalue weighted by Gasteiger charge is 2.17. The SMILES string of the molecule is NC(C(=O)O)c1ccc(Cl)o1. The number of carboxylic acid groups (broad SMARTS) is 1. The first-order valence-corrected chi connectivity index (χ1v) is 3.22. The number of carboxylic acids is 1. The minimum atomic E-state index is -1.14. The Morgan fingerprint density at radius 3 is 2.73 bits per heavy atom. The molecule has 0 radical (unpaired) electrons. The van der Waals surface area contributed by atoms with E-state index in [2.05, 4.69) is 0 Å². The third-order valence-corrected chi connectivity index (χ3v) is 1.37. The lowest BCUT2D eigenvalue weighted by Crippen LogP contribution is -2.19. The monoisotopic (exact) mass is 175 g/mol. The van der Waals surface area contributed by atoms with Gasteiger partial charge in [0.25, 0.3) is 0 Å². The quantitative estimate of drug-likeness (QED) is 0.704. The van der Waals surface area contributed by atoms with E-state index in [0.717, 1.165) is 0 Å². The summed E-state index contributed by atoms with van der Waals surface area (Å²) in [5, 5.41) is 8.55. The minimum Gasteiger partial charge on any atom is -0.480 e. The van der Waals surface area contributed by atoms with Crippen LogP contribution < -0.4 is 5.73 Å². The van der Waals surface area contributed by atoms with Crippen molar-refractivity contribution in [2.75, 3.05) is 0 Å². The molecule has 0 aliphatic rings. The summed E-state index contributed by atoms with van der Waals surface area (Å²) in [6.45, 7) is 0. The summed E-state index contributed by atoms with van der Waals surface area (Å²) in [6, 6.07) is 1.74. The van der Waals surface area contributed by atoms with Crippen molar-refractivity contribution in [3.63, 3.8) is 0 Å². The lowest BCUT2D eigenvalue weighted by Gasteiger charge is -1.99. The van der Waals surface area contributed by atoms with Gasteiger partial charge in [-0.2, -0.15) is 0 Å². The van der Waals surface area contributed by atoms with Crippen molar-refractivity contribution < 1.29 is 14.3 Å². The first-order valence-electron chi connectivity index (χ1n) is 2.85. The fourth-order valence-corrected chi connectivity index (χ4v) is 0.769. The van der Waals surface area contributed by atoms with Crippen LogP contribution in [0.4, 0.5) is 0 Å². The fraction of sp³-hybridized carbons (Fsp3) is 0.167. The van der Waals surface area contributed by atoms with Crippen LogP contribution in [-0.2, 0) is 4.79 Å². The van der Waals surface area contributed by atoms with Gasteiger partial charge >= 0.3 is 5.97 Å². The molecule has 1 heterocycles. The van der Waals surface area contributed by atoms with Crippen LogP contribution in [0.5, 0.6) is 0 Å². The second-order valence-electron chi connectivity index (χ2n) is 1.96. The van der Waals surface area contributed by atoms with E-state index < -0.39 is 12.0 Å². The van der Waals surface area contributed by atoms with Gasteiger partial charge in [-0.3, -0.25) is 4.79 Å². The number of carbonyl (C=O) groups is 1. The predicted molar refractivity (Wildman–Crippen MR) is 38.3 cm³/mol. The van der Waals surface area contributed by atoms with Gasteiger partial charge in [0.2, 0.25) is 0 Å². The van der Waals surface area contributed by atoms with Crippen molar-refractivity contribution in [2.24, 2.45) is 5.73 Å². The maximum Gasteiger partial charge on any atom is 0.328 e. The zero-order valence-electron chi connectivity index (χ0n) is 5.45. The molecule has 1 atom stereocenters. The average molecular weight is 176 g/mol. The van der Waals surface area contributed by atoms with Crippen molar-refractivity contribution in [2.45, 2.75) is 6.04 Å². The van der Waals surface area contributed by atoms with E-state index in [1.165, 1.54) is 12.1 Å². The predicted octanol–water partition coefficient (Wildman–Crippen LogP) is 1.02. The van der Waals surface area contributed by atoms with Crippen molar-refractivity contribution in [1.82, 2.24) is 0 Å². The molecule has 0 aromatic carbocycles. The zero-order valence-corrected chi connectivity index (χ0v) is 6.21. The standard InChI is InChI=1S/C6H6ClNO3/c7-4-2-1-3(11-4)5(8)6(9)10/h1-2,5H,8H2,(H,9,10). The molecule has 1 aromatic rings. The molecular formula is C6H6ClNO3. The van der Waals surface area contributed by atoms with E-state index in [-0.39, 0.29) is 11.0 Å². The van der Waals surface area contributed by atoms with Crippen molar-refractivity contribution in [3.05, 3.63) is 23.1 Å². The molecule has 1 unspecified atom stereocenters. The highest BCUT2D eigenvalue weighted by molar-refractivity contribution is 6.28. The number of furan rings is 1. The highest BCUT2D eigenvalue weighted by atomic mass is 35.5. The van der Waals surface area contributed by atoms with E-state index in [1.807, 2.05) is 0 Å². The van der Waals surface area contributed by atoms with Crippen LogP contribution >= 0.6 is 11.6 Å². The molecule has 0 aliphatic carbocycles. The Kier molecular flexibility index (Phi) is 2.16. The van der Waals surface area contributed by atoms with Gasteiger partial charge in [0.05, 0.1) is 0 Å². The molecule has 3 N–H and O–H groups in total. The van der Waals surface area contributed by atoms with Crippen molar-refractivity contribution in [1.29, 1.82) is 0 Å². The van der Waals surface area contributed by atoms with Gasteiger partial charge in [-0.05, 0) is 23.7 Å². The fourth-order valence-electron chi connectivity index (χ4n) is 0.617. The maximum absolute atomic E-state index is 10.3. The summed E-state index contributed by atoms with van der Waals surface area (Å²) in [6.07, 6.45) is 0. The zero-order chi connectivity index (χ0) is 8.43. The third-order valence-electron chi connectivity index (χ3n) is 1.17. The Hall–Kier alpha value is -1.00. The highest BCUT2D eigenvalue weighted by Crippen LogP contribution is 2.18. The summed E-state index contributed by atoms with van der Waals surface area (Å²) >= 11 is 5.39. The number of rotatable bonds is 2. The molecule has 1 aromatic heterocycles. The molecule has 0 saturated heterocycles. The topological polar surface area (TPSA) is 76.5 Å². The number of halogens is 1. The van der Waals surface area contributed by atoms with Gasteiger partial charge in [-0.1, -0.05) is 0 Å². The molecule has 0 saturated carbocycles. The lowest BCUT2D eigenvalue weighted by atomic mass is 10.2. The van der Waals surface area contributed by atoms with E-state index in [9.17, 15) is 4.79 Å². The number of hydrogen-bond acceptors (Lipinski definition) is 3. The summed E-state index contributed by atoms with van der Waals surface area (Å²) < 4.78 is 4.77. The molecule has 0 spiro atoms. The first kappa shape index (κ1) is 8.10. The maximum atomic E-state index is 10.3. The van der Waals surface area contributed by atoms with Gasteiger partial charge in [-0.25, -0.2) is 0 Å². The van der Waals surface area contributed by atoms with Crippen LogP contribution in [0.15, 0.2) is 16.5 Å². The number of aliphatic carboxylic acids is 1. The molecule has 0 bridgehead atoms. The van der Waals surface area contributed by atoms with Crippen LogP contribution in [-0.4, -0.2) is 11.1 Å². The molecule has 0 aliphatic heterocycles. The van der Waals surface area contributed by atoms with E-state index in [1.54, 1.807) is 0 Å². The van der Waals surface area contributed by atoms with E-state index >= 15 is 0 Å². The van der Waals surface area contributed by atoms with Crippen LogP contribution in [0.3, 0.4) is 0 Å². The van der Waals surface area contributed by atoms with Crippen LogP contribution in [0.1, 0.15) is 11.8 Å². The van der Waals surface area contributed by atoms with Gasteiger partial charge in [-0.15, -0.1) is 0 Å². The summed E-state index contributed by atoms with van der Waals surface area (Å²) in [5.74, 6) is -0.987. The first-order chi connectivity index (χ1) is 5.11. The van der Waals surface area contributed by atoms with Crippen molar-refractivity contribution >= 4 is 17.6 Å². The number of hydrogen-bond donors (Lipinski definition) is 2. The lowest BCUT2D eigenvalue weighted by molar-refractivity contribution is -0.139. The molecule has 1 rings (SSSR count). The molecule has 60 valence electrons. The van der Waals surface area contributed by atoms with E-state index in [0.29, 0.717) is 0 Å². The molecule has 4 nitrogen and oxygen atoms in total. The Balaban J connectivity index is 2.84. The average Bonchev–Trinajstić information content (AvgIpc) is 2.34. The van der Waals surface area contributed by atoms with Crippen LogP contribution in [0, 0.1) is 0 Å². The van der Waals surface area contributed by atoms with Gasteiger partial charge < -0.3 is 15.3 Å². The molecule has 11 heavy (non-hydrogen) atoms. The Labute approximate surface area is 67.6 Å². The molecular weight excluding hydrogens is 170 g/mol. The Morgan fingerprint density at radius 2 is 2.36 bits per heavy atom. The third kappa shape index (κ3) is 1.72. The minimum absolute atomic E-state index is 0.136. The van der Waals surface area contributed by atoms with Gasteiger partial charge in [0.1, 0.15) is 5.76 Å². The molecule has 0 amide bonds. The van der Waals surface area contributed by atoms with Crippen LogP contribution in [0.2, 0.25) is 5.22 Å². The second-order valence-corrected chi connectivity index (χ2v) is 2.33. The van der Waals surface area contributed by atoms with Gasteiger partial charge in [0.15, 0.2) is 11.3 Å². The van der Waals surface area contributed by atoms with Gasteiger partial charge in [0, 0.05) is 0 Å².